The first-order chi connectivity index (χ1) is 9.60. The number of aliphatic hydroxyl groups excluding tert-OH is 1. The van der Waals surface area contributed by atoms with E-state index < -0.39 is 0 Å². The predicted octanol–water partition coefficient (Wildman–Crippen LogP) is 1.83. The quantitative estimate of drug-likeness (QED) is 0.893. The van der Waals surface area contributed by atoms with Gasteiger partial charge in [-0.3, -0.25) is 4.79 Å². The molecule has 5 nitrogen and oxygen atoms in total. The largest absolute Gasteiger partial charge is 0.470 e. The van der Waals surface area contributed by atoms with Crippen molar-refractivity contribution in [3.8, 4) is 5.88 Å². The Bertz CT molecular complexity index is 476. The molecule has 1 aromatic rings. The zero-order chi connectivity index (χ0) is 14.5. The molecule has 1 heterocycles. The third kappa shape index (κ3) is 3.82. The summed E-state index contributed by atoms with van der Waals surface area (Å²) in [5.41, 5.74) is -0.148. The first-order valence-electron chi connectivity index (χ1n) is 7.43. The third-order valence-electron chi connectivity index (χ3n) is 3.77. The second-order valence-corrected chi connectivity index (χ2v) is 6.03. The van der Waals surface area contributed by atoms with E-state index in [0.29, 0.717) is 18.4 Å². The van der Waals surface area contributed by atoms with E-state index in [1.807, 2.05) is 0 Å². The average molecular weight is 280 g/mol. The van der Waals surface area contributed by atoms with Gasteiger partial charge < -0.3 is 14.4 Å². The van der Waals surface area contributed by atoms with Crippen molar-refractivity contribution < 1.29 is 9.84 Å². The molecule has 0 radical (unpaired) electrons. The van der Waals surface area contributed by atoms with Crippen LogP contribution in [-0.4, -0.2) is 27.4 Å². The summed E-state index contributed by atoms with van der Waals surface area (Å²) in [6.45, 7) is 5.07. The van der Waals surface area contributed by atoms with Crippen LogP contribution in [0.5, 0.6) is 5.88 Å². The fourth-order valence-electron chi connectivity index (χ4n) is 2.64. The highest BCUT2D eigenvalue weighted by Crippen LogP contribution is 2.25. The molecule has 1 saturated carbocycles. The molecule has 0 atom stereocenters. The SMILES string of the molecule is CC(C)Cn1ccnc(OC2CCC(CO)CC2)c1=O. The molecular weight excluding hydrogens is 256 g/mol. The minimum absolute atomic E-state index is 0.0490. The molecule has 1 aliphatic rings. The minimum Gasteiger partial charge on any atom is -0.470 e. The Hall–Kier alpha value is -1.36. The normalized spacial score (nSPS) is 23.0. The number of ether oxygens (including phenoxy) is 1. The van der Waals surface area contributed by atoms with Gasteiger partial charge in [0.05, 0.1) is 0 Å². The Morgan fingerprint density at radius 1 is 1.40 bits per heavy atom. The van der Waals surface area contributed by atoms with Crippen molar-refractivity contribution in [1.29, 1.82) is 0 Å². The number of hydrogen-bond acceptors (Lipinski definition) is 4. The lowest BCUT2D eigenvalue weighted by Crippen LogP contribution is -2.30. The van der Waals surface area contributed by atoms with E-state index >= 15 is 0 Å². The van der Waals surface area contributed by atoms with Gasteiger partial charge in [0, 0.05) is 25.5 Å². The lowest BCUT2D eigenvalue weighted by molar-refractivity contribution is 0.0985. The molecular formula is C15H24N2O3. The van der Waals surface area contributed by atoms with Gasteiger partial charge in [0.25, 0.3) is 5.88 Å². The van der Waals surface area contributed by atoms with Crippen LogP contribution in [0.2, 0.25) is 0 Å². The number of rotatable bonds is 5. The first kappa shape index (κ1) is 15.0. The van der Waals surface area contributed by atoms with Crippen LogP contribution in [0, 0.1) is 11.8 Å². The summed E-state index contributed by atoms with van der Waals surface area (Å²) in [6.07, 6.45) is 7.04. The van der Waals surface area contributed by atoms with Crippen LogP contribution in [-0.2, 0) is 6.54 Å². The zero-order valence-electron chi connectivity index (χ0n) is 12.3. The highest BCUT2D eigenvalue weighted by Gasteiger charge is 2.23. The Morgan fingerprint density at radius 3 is 2.70 bits per heavy atom. The summed E-state index contributed by atoms with van der Waals surface area (Å²) in [5.74, 6) is 1.000. The van der Waals surface area contributed by atoms with Crippen molar-refractivity contribution >= 4 is 0 Å². The molecule has 0 aromatic carbocycles. The molecule has 0 amide bonds. The number of aromatic nitrogens is 2. The molecule has 20 heavy (non-hydrogen) atoms. The van der Waals surface area contributed by atoms with Crippen molar-refractivity contribution in [2.75, 3.05) is 6.61 Å². The van der Waals surface area contributed by atoms with Gasteiger partial charge in [-0.15, -0.1) is 0 Å². The molecule has 0 saturated heterocycles. The van der Waals surface area contributed by atoms with Gasteiger partial charge in [-0.25, -0.2) is 4.98 Å². The molecule has 0 unspecified atom stereocenters. The molecule has 0 spiro atoms. The second kappa shape index (κ2) is 6.88. The lowest BCUT2D eigenvalue weighted by Gasteiger charge is -2.27. The van der Waals surface area contributed by atoms with Crippen molar-refractivity contribution in [1.82, 2.24) is 9.55 Å². The van der Waals surface area contributed by atoms with Crippen molar-refractivity contribution in [2.45, 2.75) is 52.2 Å². The summed E-state index contributed by atoms with van der Waals surface area (Å²) < 4.78 is 7.43. The van der Waals surface area contributed by atoms with Gasteiger partial charge >= 0.3 is 5.56 Å². The topological polar surface area (TPSA) is 64.3 Å². The van der Waals surface area contributed by atoms with E-state index in [2.05, 4.69) is 18.8 Å². The molecule has 1 fully saturated rings. The predicted molar refractivity (Wildman–Crippen MR) is 76.8 cm³/mol. The smallest absolute Gasteiger partial charge is 0.313 e. The molecule has 0 aliphatic heterocycles. The molecule has 1 aliphatic carbocycles. The highest BCUT2D eigenvalue weighted by atomic mass is 16.5. The Morgan fingerprint density at radius 2 is 2.10 bits per heavy atom. The molecule has 2 rings (SSSR count). The van der Waals surface area contributed by atoms with Crippen molar-refractivity contribution in [3.63, 3.8) is 0 Å². The monoisotopic (exact) mass is 280 g/mol. The van der Waals surface area contributed by atoms with E-state index in [4.69, 9.17) is 9.84 Å². The van der Waals surface area contributed by atoms with Gasteiger partial charge in [0.1, 0.15) is 6.10 Å². The molecule has 1 aromatic heterocycles. The standard InChI is InChI=1S/C15H24N2O3/c1-11(2)9-17-8-7-16-14(15(17)19)20-13-5-3-12(10-18)4-6-13/h7-8,11-13,18H,3-6,9-10H2,1-2H3. The van der Waals surface area contributed by atoms with Crippen LogP contribution in [0.3, 0.4) is 0 Å². The maximum atomic E-state index is 12.2. The number of hydrogen-bond donors (Lipinski definition) is 1. The maximum Gasteiger partial charge on any atom is 0.313 e. The summed E-state index contributed by atoms with van der Waals surface area (Å²) in [6, 6.07) is 0. The summed E-state index contributed by atoms with van der Waals surface area (Å²) >= 11 is 0. The Balaban J connectivity index is 2.01. The highest BCUT2D eigenvalue weighted by molar-refractivity contribution is 5.05. The number of aliphatic hydroxyl groups is 1. The van der Waals surface area contributed by atoms with Crippen LogP contribution >= 0.6 is 0 Å². The fraction of sp³-hybridized carbons (Fsp3) is 0.733. The van der Waals surface area contributed by atoms with Crippen LogP contribution in [0.15, 0.2) is 17.2 Å². The summed E-state index contributed by atoms with van der Waals surface area (Å²) in [7, 11) is 0. The zero-order valence-corrected chi connectivity index (χ0v) is 12.3. The van der Waals surface area contributed by atoms with Crippen molar-refractivity contribution in [3.05, 3.63) is 22.7 Å². The lowest BCUT2D eigenvalue weighted by atomic mass is 9.88. The van der Waals surface area contributed by atoms with E-state index in [1.165, 1.54) is 0 Å². The van der Waals surface area contributed by atoms with Crippen LogP contribution in [0.4, 0.5) is 0 Å². The van der Waals surface area contributed by atoms with Gasteiger partial charge in [0.2, 0.25) is 0 Å². The van der Waals surface area contributed by atoms with Crippen molar-refractivity contribution in [2.24, 2.45) is 11.8 Å². The summed E-state index contributed by atoms with van der Waals surface area (Å²) in [5, 5.41) is 9.12. The first-order valence-corrected chi connectivity index (χ1v) is 7.43. The van der Waals surface area contributed by atoms with E-state index in [1.54, 1.807) is 17.0 Å². The molecule has 112 valence electrons. The van der Waals surface area contributed by atoms with Gasteiger partial charge in [-0.05, 0) is 37.5 Å². The average Bonchev–Trinajstić information content (AvgIpc) is 2.43. The van der Waals surface area contributed by atoms with E-state index in [-0.39, 0.29) is 24.2 Å². The molecule has 5 heteroatoms. The van der Waals surface area contributed by atoms with Gasteiger partial charge in [-0.2, -0.15) is 0 Å². The second-order valence-electron chi connectivity index (χ2n) is 6.03. The minimum atomic E-state index is -0.148. The summed E-state index contributed by atoms with van der Waals surface area (Å²) in [4.78, 5) is 16.3. The third-order valence-corrected chi connectivity index (χ3v) is 3.77. The van der Waals surface area contributed by atoms with E-state index in [0.717, 1.165) is 25.7 Å². The number of nitrogens with zero attached hydrogens (tertiary/aromatic N) is 2. The fourth-order valence-corrected chi connectivity index (χ4v) is 2.64. The van der Waals surface area contributed by atoms with Crippen LogP contribution < -0.4 is 10.3 Å². The maximum absolute atomic E-state index is 12.2. The van der Waals surface area contributed by atoms with Gasteiger partial charge in [-0.1, -0.05) is 13.8 Å². The van der Waals surface area contributed by atoms with Gasteiger partial charge in [0.15, 0.2) is 0 Å². The van der Waals surface area contributed by atoms with Crippen LogP contribution in [0.25, 0.3) is 0 Å². The van der Waals surface area contributed by atoms with Crippen LogP contribution in [0.1, 0.15) is 39.5 Å². The molecule has 1 N–H and O–H groups in total. The Labute approximate surface area is 119 Å². The van der Waals surface area contributed by atoms with E-state index in [9.17, 15) is 4.79 Å². The Kier molecular flexibility index (Phi) is 5.17. The molecule has 0 bridgehead atoms.